The van der Waals surface area contributed by atoms with Gasteiger partial charge in [-0.1, -0.05) is 12.1 Å². The summed E-state index contributed by atoms with van der Waals surface area (Å²) in [6, 6.07) is 12.5. The molecule has 0 aliphatic rings. The van der Waals surface area contributed by atoms with Crippen LogP contribution in [-0.2, 0) is 0 Å². The number of carbonyl (C=O) groups is 1. The molecular weight excluding hydrogens is 257 g/mol. The van der Waals surface area contributed by atoms with Crippen molar-refractivity contribution >= 4 is 17.4 Å². The minimum absolute atomic E-state index is 0.369. The molecule has 0 spiro atoms. The first-order chi connectivity index (χ1) is 9.60. The van der Waals surface area contributed by atoms with Crippen LogP contribution in [0.2, 0.25) is 0 Å². The van der Waals surface area contributed by atoms with E-state index in [1.807, 2.05) is 6.07 Å². The lowest BCUT2D eigenvalue weighted by Crippen LogP contribution is -2.20. The quantitative estimate of drug-likeness (QED) is 0.874. The van der Waals surface area contributed by atoms with Crippen molar-refractivity contribution in [1.29, 1.82) is 5.26 Å². The molecule has 0 aliphatic heterocycles. The summed E-state index contributed by atoms with van der Waals surface area (Å²) in [5, 5.41) is 13.9. The smallest absolute Gasteiger partial charge is 0.308 e. The van der Waals surface area contributed by atoms with Gasteiger partial charge in [0.25, 0.3) is 0 Å². The van der Waals surface area contributed by atoms with E-state index in [9.17, 15) is 9.18 Å². The van der Waals surface area contributed by atoms with Crippen molar-refractivity contribution in [2.24, 2.45) is 0 Å². The van der Waals surface area contributed by atoms with E-state index in [0.717, 1.165) is 0 Å². The van der Waals surface area contributed by atoms with E-state index in [2.05, 4.69) is 10.6 Å². The summed E-state index contributed by atoms with van der Waals surface area (Å²) in [6.07, 6.45) is 0. The lowest BCUT2D eigenvalue weighted by atomic mass is 10.2. The SMILES string of the molecule is Cc1c(F)cccc1NC(=O)Nc1cccc(C#N)c1. The topological polar surface area (TPSA) is 64.9 Å². The van der Waals surface area contributed by atoms with E-state index in [4.69, 9.17) is 5.26 Å². The Balaban J connectivity index is 2.09. The van der Waals surface area contributed by atoms with Gasteiger partial charge in [-0.05, 0) is 37.3 Å². The molecule has 4 nitrogen and oxygen atoms in total. The predicted molar refractivity (Wildman–Crippen MR) is 74.9 cm³/mol. The number of anilines is 2. The fourth-order valence-corrected chi connectivity index (χ4v) is 1.69. The van der Waals surface area contributed by atoms with Crippen LogP contribution in [0.1, 0.15) is 11.1 Å². The Morgan fingerprint density at radius 3 is 2.70 bits per heavy atom. The maximum atomic E-state index is 13.3. The van der Waals surface area contributed by atoms with Gasteiger partial charge in [0.05, 0.1) is 11.6 Å². The van der Waals surface area contributed by atoms with Crippen molar-refractivity contribution in [1.82, 2.24) is 0 Å². The van der Waals surface area contributed by atoms with Gasteiger partial charge >= 0.3 is 6.03 Å². The van der Waals surface area contributed by atoms with Gasteiger partial charge in [0, 0.05) is 16.9 Å². The maximum Gasteiger partial charge on any atom is 0.323 e. The summed E-state index contributed by atoms with van der Waals surface area (Å²) < 4.78 is 13.3. The summed E-state index contributed by atoms with van der Waals surface area (Å²) in [5.74, 6) is -0.380. The average Bonchev–Trinajstić information content (AvgIpc) is 2.44. The second kappa shape index (κ2) is 5.85. The zero-order chi connectivity index (χ0) is 14.5. The molecule has 0 atom stereocenters. The Kier molecular flexibility index (Phi) is 3.96. The summed E-state index contributed by atoms with van der Waals surface area (Å²) in [7, 11) is 0. The molecule has 0 aromatic heterocycles. The summed E-state index contributed by atoms with van der Waals surface area (Å²) in [4.78, 5) is 11.8. The van der Waals surface area contributed by atoms with Crippen molar-refractivity contribution in [2.75, 3.05) is 10.6 Å². The molecule has 2 aromatic carbocycles. The molecule has 5 heteroatoms. The van der Waals surface area contributed by atoms with E-state index in [0.29, 0.717) is 22.5 Å². The normalized spacial score (nSPS) is 9.65. The van der Waals surface area contributed by atoms with Crippen LogP contribution in [0.15, 0.2) is 42.5 Å². The molecule has 100 valence electrons. The van der Waals surface area contributed by atoms with Crippen molar-refractivity contribution < 1.29 is 9.18 Å². The zero-order valence-corrected chi connectivity index (χ0v) is 10.8. The summed E-state index contributed by atoms with van der Waals surface area (Å²) in [6.45, 7) is 1.58. The van der Waals surface area contributed by atoms with Gasteiger partial charge in [-0.15, -0.1) is 0 Å². The molecule has 0 aliphatic carbocycles. The number of amides is 2. The molecule has 0 fully saturated rings. The molecule has 2 rings (SSSR count). The highest BCUT2D eigenvalue weighted by Crippen LogP contribution is 2.18. The van der Waals surface area contributed by atoms with E-state index in [1.165, 1.54) is 12.1 Å². The van der Waals surface area contributed by atoms with Crippen molar-refractivity contribution in [3.05, 3.63) is 59.4 Å². The predicted octanol–water partition coefficient (Wildman–Crippen LogP) is 3.65. The van der Waals surface area contributed by atoms with Gasteiger partial charge in [-0.25, -0.2) is 9.18 Å². The van der Waals surface area contributed by atoms with Gasteiger partial charge in [-0.3, -0.25) is 0 Å². The fourth-order valence-electron chi connectivity index (χ4n) is 1.69. The number of urea groups is 1. The Morgan fingerprint density at radius 2 is 1.95 bits per heavy atom. The van der Waals surface area contributed by atoms with Crippen LogP contribution in [0.25, 0.3) is 0 Å². The number of benzene rings is 2. The van der Waals surface area contributed by atoms with Crippen LogP contribution in [0.3, 0.4) is 0 Å². The number of nitrogens with one attached hydrogen (secondary N) is 2. The first-order valence-corrected chi connectivity index (χ1v) is 5.93. The van der Waals surface area contributed by atoms with Crippen molar-refractivity contribution in [3.63, 3.8) is 0 Å². The molecule has 0 saturated heterocycles. The van der Waals surface area contributed by atoms with Crippen LogP contribution in [0.5, 0.6) is 0 Å². The summed E-state index contributed by atoms with van der Waals surface area (Å²) in [5.41, 5.74) is 1.72. The average molecular weight is 269 g/mol. The van der Waals surface area contributed by atoms with Crippen LogP contribution in [0, 0.1) is 24.1 Å². The van der Waals surface area contributed by atoms with E-state index < -0.39 is 6.03 Å². The zero-order valence-electron chi connectivity index (χ0n) is 10.8. The Hall–Kier alpha value is -2.87. The number of nitriles is 1. The molecule has 0 unspecified atom stereocenters. The second-order valence-electron chi connectivity index (χ2n) is 4.18. The van der Waals surface area contributed by atoms with Gasteiger partial charge in [0.15, 0.2) is 0 Å². The Morgan fingerprint density at radius 1 is 1.20 bits per heavy atom. The lowest BCUT2D eigenvalue weighted by molar-refractivity contribution is 0.262. The molecular formula is C15H12FN3O. The summed E-state index contributed by atoms with van der Waals surface area (Å²) >= 11 is 0. The minimum atomic E-state index is -0.492. The lowest BCUT2D eigenvalue weighted by Gasteiger charge is -2.10. The third-order valence-electron chi connectivity index (χ3n) is 2.77. The minimum Gasteiger partial charge on any atom is -0.308 e. The molecule has 0 radical (unpaired) electrons. The Bertz CT molecular complexity index is 692. The standard InChI is InChI=1S/C15H12FN3O/c1-10-13(16)6-3-7-14(10)19-15(20)18-12-5-2-4-11(8-12)9-17/h2-8H,1H3,(H2,18,19,20). The fraction of sp³-hybridized carbons (Fsp3) is 0.0667. The highest BCUT2D eigenvalue weighted by Gasteiger charge is 2.07. The Labute approximate surface area is 115 Å². The molecule has 2 N–H and O–H groups in total. The first kappa shape index (κ1) is 13.6. The first-order valence-electron chi connectivity index (χ1n) is 5.93. The number of carbonyl (C=O) groups excluding carboxylic acids is 1. The highest BCUT2D eigenvalue weighted by molar-refractivity contribution is 6.00. The van der Waals surface area contributed by atoms with Crippen LogP contribution < -0.4 is 10.6 Å². The van der Waals surface area contributed by atoms with Crippen LogP contribution >= 0.6 is 0 Å². The van der Waals surface area contributed by atoms with Crippen LogP contribution in [-0.4, -0.2) is 6.03 Å². The molecule has 2 aromatic rings. The number of halogens is 1. The van der Waals surface area contributed by atoms with E-state index in [1.54, 1.807) is 37.3 Å². The second-order valence-corrected chi connectivity index (χ2v) is 4.18. The van der Waals surface area contributed by atoms with Crippen molar-refractivity contribution in [2.45, 2.75) is 6.92 Å². The van der Waals surface area contributed by atoms with Crippen LogP contribution in [0.4, 0.5) is 20.6 Å². The van der Waals surface area contributed by atoms with Gasteiger partial charge < -0.3 is 10.6 Å². The van der Waals surface area contributed by atoms with Crippen molar-refractivity contribution in [3.8, 4) is 6.07 Å². The molecule has 0 heterocycles. The molecule has 0 bridgehead atoms. The third kappa shape index (κ3) is 3.12. The van der Waals surface area contributed by atoms with E-state index >= 15 is 0 Å². The monoisotopic (exact) mass is 269 g/mol. The molecule has 20 heavy (non-hydrogen) atoms. The number of nitrogens with zero attached hydrogens (tertiary/aromatic N) is 1. The maximum absolute atomic E-state index is 13.3. The van der Waals surface area contributed by atoms with Gasteiger partial charge in [0.2, 0.25) is 0 Å². The number of hydrogen-bond donors (Lipinski definition) is 2. The largest absolute Gasteiger partial charge is 0.323 e. The van der Waals surface area contributed by atoms with Gasteiger partial charge in [0.1, 0.15) is 5.82 Å². The molecule has 0 saturated carbocycles. The van der Waals surface area contributed by atoms with Gasteiger partial charge in [-0.2, -0.15) is 5.26 Å². The number of rotatable bonds is 2. The highest BCUT2D eigenvalue weighted by atomic mass is 19.1. The number of hydrogen-bond acceptors (Lipinski definition) is 2. The third-order valence-corrected chi connectivity index (χ3v) is 2.77. The molecule has 2 amide bonds. The van der Waals surface area contributed by atoms with E-state index in [-0.39, 0.29) is 5.82 Å².